The van der Waals surface area contributed by atoms with E-state index in [1.54, 1.807) is 0 Å². The first-order valence-corrected chi connectivity index (χ1v) is 11.8. The van der Waals surface area contributed by atoms with Gasteiger partial charge in [-0.15, -0.1) is 0 Å². The molecule has 4 aromatic rings. The Kier molecular flexibility index (Phi) is 5.39. The van der Waals surface area contributed by atoms with Crippen molar-refractivity contribution in [1.82, 2.24) is 19.7 Å². The number of carbonyl (C=O) groups is 1. The van der Waals surface area contributed by atoms with Crippen LogP contribution in [0.2, 0.25) is 0 Å². The number of benzene rings is 2. The highest BCUT2D eigenvalue weighted by atomic mass is 16.6. The van der Waals surface area contributed by atoms with Crippen molar-refractivity contribution in [3.63, 3.8) is 0 Å². The summed E-state index contributed by atoms with van der Waals surface area (Å²) < 4.78 is 7.50. The third kappa shape index (κ3) is 4.28. The quantitative estimate of drug-likeness (QED) is 0.394. The molecule has 0 saturated heterocycles. The van der Waals surface area contributed by atoms with Crippen LogP contribution in [0.5, 0.6) is 0 Å². The number of rotatable bonds is 4. The number of alkyl carbamates (subject to hydrolysis) is 1. The lowest BCUT2D eigenvalue weighted by molar-refractivity contribution is 0.0377. The summed E-state index contributed by atoms with van der Waals surface area (Å²) in [4.78, 5) is 22.0. The fourth-order valence-electron chi connectivity index (χ4n) is 4.55. The predicted octanol–water partition coefficient (Wildman–Crippen LogP) is 6.28. The summed E-state index contributed by atoms with van der Waals surface area (Å²) in [5, 5.41) is 3.14. The van der Waals surface area contributed by atoms with E-state index in [1.165, 1.54) is 0 Å². The number of nitrogens with zero attached hydrogens (tertiary/aromatic N) is 3. The number of amides is 1. The van der Waals surface area contributed by atoms with Gasteiger partial charge in [0.1, 0.15) is 5.60 Å². The number of imidazole rings is 1. The largest absolute Gasteiger partial charge is 0.444 e. The van der Waals surface area contributed by atoms with Crippen LogP contribution >= 0.6 is 0 Å². The lowest BCUT2D eigenvalue weighted by Crippen LogP contribution is -2.52. The first kappa shape index (κ1) is 22.1. The van der Waals surface area contributed by atoms with E-state index in [2.05, 4.69) is 52.9 Å². The smallest absolute Gasteiger partial charge is 0.408 e. The van der Waals surface area contributed by atoms with Gasteiger partial charge in [-0.05, 0) is 58.1 Å². The van der Waals surface area contributed by atoms with Gasteiger partial charge in [-0.3, -0.25) is 4.40 Å². The molecule has 1 amide bonds. The summed E-state index contributed by atoms with van der Waals surface area (Å²) >= 11 is 0. The second kappa shape index (κ2) is 8.28. The van der Waals surface area contributed by atoms with E-state index in [1.807, 2.05) is 56.5 Å². The van der Waals surface area contributed by atoms with Crippen molar-refractivity contribution in [2.24, 2.45) is 0 Å². The third-order valence-electron chi connectivity index (χ3n) is 6.31. The van der Waals surface area contributed by atoms with Gasteiger partial charge in [0, 0.05) is 23.5 Å². The molecule has 2 heterocycles. The molecular formula is C28H30N4O2. The summed E-state index contributed by atoms with van der Waals surface area (Å²) in [5.41, 5.74) is 5.17. The fourth-order valence-corrected chi connectivity index (χ4v) is 4.55. The van der Waals surface area contributed by atoms with Gasteiger partial charge in [0.25, 0.3) is 0 Å². The van der Waals surface area contributed by atoms with Crippen LogP contribution in [0.4, 0.5) is 4.79 Å². The molecule has 0 aliphatic heterocycles. The molecule has 1 aliphatic rings. The monoisotopic (exact) mass is 454 g/mol. The van der Waals surface area contributed by atoms with E-state index in [0.717, 1.165) is 52.9 Å². The lowest BCUT2D eigenvalue weighted by Gasteiger charge is -2.43. The summed E-state index contributed by atoms with van der Waals surface area (Å²) in [5.74, 6) is 0.679. The first-order valence-electron chi connectivity index (χ1n) is 11.8. The molecule has 0 bridgehead atoms. The molecule has 6 heteroatoms. The maximum absolute atomic E-state index is 12.5. The van der Waals surface area contributed by atoms with Crippen LogP contribution in [-0.4, -0.2) is 26.1 Å². The van der Waals surface area contributed by atoms with Crippen molar-refractivity contribution < 1.29 is 9.53 Å². The molecule has 0 unspecified atom stereocenters. The van der Waals surface area contributed by atoms with Crippen molar-refractivity contribution in [3.05, 3.63) is 78.2 Å². The molecule has 0 spiro atoms. The van der Waals surface area contributed by atoms with Gasteiger partial charge >= 0.3 is 6.09 Å². The summed E-state index contributed by atoms with van der Waals surface area (Å²) in [6, 6.07) is 18.7. The lowest BCUT2D eigenvalue weighted by atomic mass is 9.71. The Morgan fingerprint density at radius 2 is 1.68 bits per heavy atom. The van der Waals surface area contributed by atoms with Crippen LogP contribution < -0.4 is 5.32 Å². The van der Waals surface area contributed by atoms with Crippen LogP contribution in [-0.2, 0) is 10.3 Å². The van der Waals surface area contributed by atoms with E-state index < -0.39 is 5.60 Å². The molecule has 1 aliphatic carbocycles. The Morgan fingerprint density at radius 1 is 0.971 bits per heavy atom. The molecule has 1 N–H and O–H groups in total. The average Bonchev–Trinajstić information content (AvgIpc) is 3.14. The Morgan fingerprint density at radius 3 is 2.29 bits per heavy atom. The summed E-state index contributed by atoms with van der Waals surface area (Å²) in [6.45, 7) is 7.61. The number of carbonyl (C=O) groups excluding carboxylic acids is 1. The van der Waals surface area contributed by atoms with Gasteiger partial charge in [-0.2, -0.15) is 0 Å². The number of ether oxygens (including phenoxy) is 1. The van der Waals surface area contributed by atoms with Gasteiger partial charge in [-0.1, -0.05) is 54.6 Å². The van der Waals surface area contributed by atoms with E-state index in [-0.39, 0.29) is 11.6 Å². The molecule has 1 saturated carbocycles. The topological polar surface area (TPSA) is 68.5 Å². The Bertz CT molecular complexity index is 1330. The number of aromatic nitrogens is 3. The molecule has 0 radical (unpaired) electrons. The molecule has 6 nitrogen and oxygen atoms in total. The molecular weight excluding hydrogens is 424 g/mol. The average molecular weight is 455 g/mol. The Hall–Kier alpha value is -3.67. The Labute approximate surface area is 200 Å². The molecule has 2 aromatic carbocycles. The number of nitrogens with one attached hydrogen (secondary N) is 1. The van der Waals surface area contributed by atoms with Crippen LogP contribution in [0.1, 0.15) is 51.3 Å². The maximum Gasteiger partial charge on any atom is 0.408 e. The number of hydrogen-bond acceptors (Lipinski definition) is 4. The SMILES string of the molecule is Cc1cn2cc(-c3ccccc3)c(-c3ccc(C4(NC(=O)OC(C)(C)C)CCC4)cc3)nc2n1. The maximum atomic E-state index is 12.5. The zero-order valence-electron chi connectivity index (χ0n) is 20.1. The van der Waals surface area contributed by atoms with E-state index >= 15 is 0 Å². The highest BCUT2D eigenvalue weighted by Gasteiger charge is 2.41. The van der Waals surface area contributed by atoms with E-state index in [4.69, 9.17) is 9.72 Å². The third-order valence-corrected chi connectivity index (χ3v) is 6.31. The molecule has 1 fully saturated rings. The molecule has 0 atom stereocenters. The van der Waals surface area contributed by atoms with Gasteiger partial charge in [0.2, 0.25) is 5.78 Å². The Balaban J connectivity index is 1.51. The number of fused-ring (bicyclic) bond motifs is 1. The van der Waals surface area contributed by atoms with Crippen LogP contribution in [0.3, 0.4) is 0 Å². The minimum Gasteiger partial charge on any atom is -0.444 e. The standard InChI is InChI=1S/C28H30N4O2/c1-19-17-32-18-23(20-9-6-5-7-10-20)24(30-25(32)29-19)21-11-13-22(14-12-21)28(15-8-16-28)31-26(33)34-27(2,3)4/h5-7,9-14,17-18H,8,15-16H2,1-4H3,(H,31,33). The van der Waals surface area contributed by atoms with Gasteiger partial charge in [0.15, 0.2) is 0 Å². The van der Waals surface area contributed by atoms with Crippen molar-refractivity contribution in [1.29, 1.82) is 0 Å². The highest BCUT2D eigenvalue weighted by molar-refractivity contribution is 5.81. The minimum absolute atomic E-state index is 0.371. The van der Waals surface area contributed by atoms with Crippen molar-refractivity contribution in [2.45, 2.75) is 58.1 Å². The fraction of sp³-hybridized carbons (Fsp3) is 0.321. The molecule has 174 valence electrons. The first-order chi connectivity index (χ1) is 16.2. The van der Waals surface area contributed by atoms with Gasteiger partial charge in [-0.25, -0.2) is 14.8 Å². The number of aryl methyl sites for hydroxylation is 1. The van der Waals surface area contributed by atoms with Crippen LogP contribution in [0.25, 0.3) is 28.2 Å². The highest BCUT2D eigenvalue weighted by Crippen LogP contribution is 2.42. The molecule has 5 rings (SSSR count). The zero-order chi connectivity index (χ0) is 23.9. The molecule has 34 heavy (non-hydrogen) atoms. The van der Waals surface area contributed by atoms with E-state index in [0.29, 0.717) is 5.78 Å². The van der Waals surface area contributed by atoms with Gasteiger partial charge in [0.05, 0.1) is 16.9 Å². The van der Waals surface area contributed by atoms with Crippen molar-refractivity contribution in [2.75, 3.05) is 0 Å². The van der Waals surface area contributed by atoms with Crippen LogP contribution in [0, 0.1) is 6.92 Å². The van der Waals surface area contributed by atoms with Crippen LogP contribution in [0.15, 0.2) is 67.0 Å². The van der Waals surface area contributed by atoms with E-state index in [9.17, 15) is 4.79 Å². The molecule has 2 aromatic heterocycles. The second-order valence-electron chi connectivity index (χ2n) is 10.1. The van der Waals surface area contributed by atoms with Gasteiger partial charge < -0.3 is 10.1 Å². The van der Waals surface area contributed by atoms with Crippen molar-refractivity contribution >= 4 is 11.9 Å². The minimum atomic E-state index is -0.526. The second-order valence-corrected chi connectivity index (χ2v) is 10.1. The summed E-state index contributed by atoms with van der Waals surface area (Å²) in [7, 11) is 0. The predicted molar refractivity (Wildman–Crippen MR) is 133 cm³/mol. The van der Waals surface area contributed by atoms with Crippen molar-refractivity contribution in [3.8, 4) is 22.4 Å². The zero-order valence-corrected chi connectivity index (χ0v) is 20.1. The normalized spacial score (nSPS) is 15.1. The number of hydrogen-bond donors (Lipinski definition) is 1. The summed E-state index contributed by atoms with van der Waals surface area (Å²) in [6.07, 6.45) is 6.59.